The summed E-state index contributed by atoms with van der Waals surface area (Å²) in [7, 11) is 0. The van der Waals surface area contributed by atoms with Crippen LogP contribution in [0.2, 0.25) is 0 Å². The maximum absolute atomic E-state index is 14.5. The Kier molecular flexibility index (Phi) is 7.10. The van der Waals surface area contributed by atoms with Crippen LogP contribution in [0.5, 0.6) is 0 Å². The lowest BCUT2D eigenvalue weighted by molar-refractivity contribution is 0.0906. The molecule has 9 heteroatoms. The molecule has 0 aliphatic heterocycles. The number of anilines is 2. The third kappa shape index (κ3) is 5.11. The summed E-state index contributed by atoms with van der Waals surface area (Å²) >= 11 is 0. The van der Waals surface area contributed by atoms with Crippen molar-refractivity contribution in [3.63, 3.8) is 0 Å². The van der Waals surface area contributed by atoms with Gasteiger partial charge in [-0.05, 0) is 17.7 Å². The summed E-state index contributed by atoms with van der Waals surface area (Å²) in [4.78, 5) is 20.1. The van der Waals surface area contributed by atoms with Crippen LogP contribution in [0, 0.1) is 5.82 Å². The van der Waals surface area contributed by atoms with E-state index in [2.05, 4.69) is 20.4 Å². The highest BCUT2D eigenvalue weighted by Gasteiger charge is 2.23. The lowest BCUT2D eigenvalue weighted by atomic mass is 9.96. The van der Waals surface area contributed by atoms with Gasteiger partial charge in [0.2, 0.25) is 0 Å². The standard InChI is InChI=1S/C19H21FN6O2.C2H6/c1-19(2,3)18-25-17(28-26-18)16(27)24-9-11-5-4-10(8-13(11)20)12-6-7-23-15(22)14(12)21;1-2/h4-8H,9,21H2,1-3H3,(H2,22,23)(H,24,27);1-2H3. The smallest absolute Gasteiger partial charge is 0.315 e. The molecule has 5 N–H and O–H groups in total. The number of nitrogens with one attached hydrogen (secondary N) is 1. The Morgan fingerprint density at radius 2 is 1.90 bits per heavy atom. The van der Waals surface area contributed by atoms with Crippen LogP contribution in [0.15, 0.2) is 35.0 Å². The van der Waals surface area contributed by atoms with Crippen molar-refractivity contribution in [1.29, 1.82) is 0 Å². The Balaban J connectivity index is 0.00000155. The van der Waals surface area contributed by atoms with Crippen LogP contribution in [-0.2, 0) is 12.0 Å². The van der Waals surface area contributed by atoms with Crippen molar-refractivity contribution < 1.29 is 13.7 Å². The van der Waals surface area contributed by atoms with Crippen molar-refractivity contribution in [2.75, 3.05) is 11.5 Å². The van der Waals surface area contributed by atoms with Crippen molar-refractivity contribution in [2.24, 2.45) is 0 Å². The van der Waals surface area contributed by atoms with Gasteiger partial charge in [0.05, 0.1) is 5.69 Å². The van der Waals surface area contributed by atoms with Gasteiger partial charge >= 0.3 is 11.8 Å². The molecule has 2 aromatic heterocycles. The molecule has 0 fully saturated rings. The summed E-state index contributed by atoms with van der Waals surface area (Å²) in [6.07, 6.45) is 1.50. The second kappa shape index (κ2) is 9.34. The molecule has 0 saturated heterocycles. The summed E-state index contributed by atoms with van der Waals surface area (Å²) in [6.45, 7) is 9.67. The molecule has 0 aliphatic rings. The molecular weight excluding hydrogens is 387 g/mol. The van der Waals surface area contributed by atoms with Gasteiger partial charge in [0, 0.05) is 29.3 Å². The predicted molar refractivity (Wildman–Crippen MR) is 114 cm³/mol. The zero-order valence-electron chi connectivity index (χ0n) is 17.8. The first-order valence-electron chi connectivity index (χ1n) is 9.58. The summed E-state index contributed by atoms with van der Waals surface area (Å²) in [5.41, 5.74) is 13.0. The SMILES string of the molecule is CC.CC(C)(C)c1noc(C(=O)NCc2ccc(-c3ccnc(N)c3N)cc2F)n1. The van der Waals surface area contributed by atoms with Gasteiger partial charge < -0.3 is 21.3 Å². The minimum Gasteiger partial charge on any atom is -0.395 e. The molecule has 1 amide bonds. The molecule has 3 rings (SSSR count). The number of hydrogen-bond donors (Lipinski definition) is 3. The number of hydrogen-bond acceptors (Lipinski definition) is 7. The Labute approximate surface area is 174 Å². The second-order valence-corrected chi connectivity index (χ2v) is 7.32. The van der Waals surface area contributed by atoms with E-state index in [1.165, 1.54) is 12.3 Å². The average molecular weight is 414 g/mol. The van der Waals surface area contributed by atoms with Gasteiger partial charge in [0.25, 0.3) is 0 Å². The van der Waals surface area contributed by atoms with Gasteiger partial charge in [-0.15, -0.1) is 0 Å². The molecule has 8 nitrogen and oxygen atoms in total. The number of carbonyl (C=O) groups is 1. The number of halogens is 1. The van der Waals surface area contributed by atoms with Crippen LogP contribution >= 0.6 is 0 Å². The highest BCUT2D eigenvalue weighted by Crippen LogP contribution is 2.29. The highest BCUT2D eigenvalue weighted by atomic mass is 19.1. The second-order valence-electron chi connectivity index (χ2n) is 7.32. The van der Waals surface area contributed by atoms with Gasteiger partial charge in [0.15, 0.2) is 5.82 Å². The van der Waals surface area contributed by atoms with E-state index >= 15 is 0 Å². The highest BCUT2D eigenvalue weighted by molar-refractivity contribution is 5.89. The third-order valence-corrected chi connectivity index (χ3v) is 4.12. The van der Waals surface area contributed by atoms with Crippen LogP contribution in [0.4, 0.5) is 15.9 Å². The zero-order chi connectivity index (χ0) is 22.5. The average Bonchev–Trinajstić information content (AvgIpc) is 3.21. The number of pyridine rings is 1. The van der Waals surface area contributed by atoms with Gasteiger partial charge in [0.1, 0.15) is 11.6 Å². The number of nitrogens with two attached hydrogens (primary N) is 2. The minimum atomic E-state index is -0.572. The van der Waals surface area contributed by atoms with Crippen LogP contribution in [0.1, 0.15) is 56.7 Å². The lowest BCUT2D eigenvalue weighted by Gasteiger charge is -2.11. The van der Waals surface area contributed by atoms with E-state index in [1.807, 2.05) is 34.6 Å². The third-order valence-electron chi connectivity index (χ3n) is 4.12. The number of nitrogen functional groups attached to an aromatic ring is 2. The number of aromatic nitrogens is 3. The van der Waals surface area contributed by atoms with E-state index in [9.17, 15) is 9.18 Å². The van der Waals surface area contributed by atoms with Gasteiger partial charge in [-0.2, -0.15) is 4.98 Å². The fourth-order valence-corrected chi connectivity index (χ4v) is 2.47. The molecule has 0 spiro atoms. The zero-order valence-corrected chi connectivity index (χ0v) is 17.8. The molecule has 0 aliphatic carbocycles. The van der Waals surface area contributed by atoms with Gasteiger partial charge in [-0.1, -0.05) is 51.9 Å². The van der Waals surface area contributed by atoms with E-state index in [-0.39, 0.29) is 29.4 Å². The molecule has 0 atom stereocenters. The van der Waals surface area contributed by atoms with E-state index in [0.29, 0.717) is 22.5 Å². The Morgan fingerprint density at radius 1 is 1.20 bits per heavy atom. The van der Waals surface area contributed by atoms with Crippen molar-refractivity contribution >= 4 is 17.4 Å². The molecule has 0 bridgehead atoms. The molecule has 3 aromatic rings. The Morgan fingerprint density at radius 3 is 2.50 bits per heavy atom. The maximum Gasteiger partial charge on any atom is 0.315 e. The molecule has 30 heavy (non-hydrogen) atoms. The molecule has 0 saturated carbocycles. The number of amides is 1. The predicted octanol–water partition coefficient (Wildman–Crippen LogP) is 3.69. The van der Waals surface area contributed by atoms with E-state index in [0.717, 1.165) is 0 Å². The number of benzene rings is 1. The first-order chi connectivity index (χ1) is 14.2. The van der Waals surface area contributed by atoms with Crippen molar-refractivity contribution in [2.45, 2.75) is 46.6 Å². The largest absolute Gasteiger partial charge is 0.395 e. The summed E-state index contributed by atoms with van der Waals surface area (Å²) in [6, 6.07) is 6.25. The Hall–Kier alpha value is -3.49. The van der Waals surface area contributed by atoms with Crippen molar-refractivity contribution in [1.82, 2.24) is 20.4 Å². The normalized spacial score (nSPS) is 10.9. The number of carbonyl (C=O) groups excluding carboxylic acids is 1. The number of nitrogens with zero attached hydrogens (tertiary/aromatic N) is 3. The summed E-state index contributed by atoms with van der Waals surface area (Å²) in [5, 5.41) is 6.36. The maximum atomic E-state index is 14.5. The van der Waals surface area contributed by atoms with Crippen molar-refractivity contribution in [3.05, 3.63) is 53.6 Å². The monoisotopic (exact) mass is 414 g/mol. The van der Waals surface area contributed by atoms with Gasteiger partial charge in [-0.3, -0.25) is 4.79 Å². The molecule has 0 radical (unpaired) electrons. The molecule has 1 aromatic carbocycles. The first kappa shape index (κ1) is 22.8. The summed E-state index contributed by atoms with van der Waals surface area (Å²) < 4.78 is 19.5. The summed E-state index contributed by atoms with van der Waals surface area (Å²) in [5.74, 6) is -0.626. The van der Waals surface area contributed by atoms with Crippen LogP contribution in [-0.4, -0.2) is 21.0 Å². The molecule has 0 unspecified atom stereocenters. The van der Waals surface area contributed by atoms with E-state index in [1.54, 1.807) is 18.2 Å². The van der Waals surface area contributed by atoms with Gasteiger partial charge in [-0.25, -0.2) is 9.37 Å². The minimum absolute atomic E-state index is 0.0356. The van der Waals surface area contributed by atoms with Crippen molar-refractivity contribution in [3.8, 4) is 11.1 Å². The molecule has 160 valence electrons. The lowest BCUT2D eigenvalue weighted by Crippen LogP contribution is -2.24. The van der Waals surface area contributed by atoms with E-state index < -0.39 is 11.7 Å². The van der Waals surface area contributed by atoms with E-state index in [4.69, 9.17) is 16.0 Å². The quantitative estimate of drug-likeness (QED) is 0.593. The van der Waals surface area contributed by atoms with Crippen LogP contribution in [0.25, 0.3) is 11.1 Å². The van der Waals surface area contributed by atoms with Crippen LogP contribution < -0.4 is 16.8 Å². The first-order valence-corrected chi connectivity index (χ1v) is 9.58. The fourth-order valence-electron chi connectivity index (χ4n) is 2.47. The topological polar surface area (TPSA) is 133 Å². The molecular formula is C21H27FN6O2. The van der Waals surface area contributed by atoms with Crippen LogP contribution in [0.3, 0.4) is 0 Å². The fraction of sp³-hybridized carbons (Fsp3) is 0.333. The molecule has 2 heterocycles. The Bertz CT molecular complexity index is 1030. The number of rotatable bonds is 4.